The van der Waals surface area contributed by atoms with Gasteiger partial charge in [-0.15, -0.1) is 0 Å². The number of ether oxygens (including phenoxy) is 1. The van der Waals surface area contributed by atoms with Crippen LogP contribution in [0.15, 0.2) is 382 Å². The van der Waals surface area contributed by atoms with Gasteiger partial charge in [0.05, 0.1) is 129 Å². The Morgan fingerprint density at radius 2 is 0.543 bits per heavy atom. The van der Waals surface area contributed by atoms with Crippen molar-refractivity contribution in [3.8, 4) is 62.7 Å². The zero-order chi connectivity index (χ0) is 98.9. The summed E-state index contributed by atoms with van der Waals surface area (Å²) in [6.07, 6.45) is -9.34. The summed E-state index contributed by atoms with van der Waals surface area (Å²) in [7, 11) is -20.3. The van der Waals surface area contributed by atoms with E-state index in [0.29, 0.717) is 79.5 Å². The van der Waals surface area contributed by atoms with Crippen molar-refractivity contribution in [1.82, 2.24) is 49.8 Å². The highest BCUT2D eigenvalue weighted by molar-refractivity contribution is 7.94. The molecule has 20 rings (SSSR count). The Labute approximate surface area is 808 Å². The predicted molar refractivity (Wildman–Crippen MR) is 526 cm³/mol. The fraction of sp³-hybridized carbons (Fsp3) is 0.0306. The molecule has 0 atom stereocenters. The van der Waals surface area contributed by atoms with Gasteiger partial charge in [0.25, 0.3) is 50.1 Å². The number of benzene rings is 15. The first-order valence-corrected chi connectivity index (χ1v) is 49.9. The highest BCUT2D eigenvalue weighted by atomic mass is 35.5. The number of nitrogens with one attached hydrogen (secondary N) is 10. The number of halogens is 11. The van der Waals surface area contributed by atoms with Crippen molar-refractivity contribution in [1.29, 1.82) is 0 Å². The standard InChI is InChI=1S/2C20H14F3N3O2S.C20H15F2N3O3S.C19H12Cl3N3O2S.C19H15N3O2S/c21-20(22,23)14-8-2-6-12-18(14)29(27,28)26-15-9-3-1-7-13(15)19-24-16-10-4-5-11-17(16)25-19;21-20(22,23)13-9-11-14(12-10-13)29(27,28)26-16-6-2-1-5-15(16)19-24-17-7-3-4-8-18(17)25-19;21-20(22)28-13-6-5-7-14(12-13)29(26,27)25-16-9-2-1-8-15(16)19-23-17-10-3-4-11-18(17)24-19;20-12-9-14(22)18(10-13(12)21)28(26,27)25-15-6-2-1-5-11(15)19-23-16-7-3-4-8-17(16)24-19;23-25(24,14-8-2-1-3-9-14)22-16-11-5-4-10-15(16)19-20-17-12-6-7-13-18(17)21-19/h2*1-12,26H,(H,24,25);1-12,20,25H,(H,23,24);1-10,25H,(H,23,24);1-13,22H,(H,20,21). The molecule has 0 fully saturated rings. The van der Waals surface area contributed by atoms with Crippen molar-refractivity contribution in [3.63, 3.8) is 0 Å². The number of para-hydroxylation sites is 15. The zero-order valence-corrected chi connectivity index (χ0v) is 77.9. The molecule has 26 nitrogen and oxygen atoms in total. The smallest absolute Gasteiger partial charge is 0.417 e. The molecule has 0 unspecified atom stereocenters. The Bertz CT molecular complexity index is 8440. The minimum atomic E-state index is -4.80. The fourth-order valence-corrected chi connectivity index (χ4v) is 20.9. The number of aromatic amines is 5. The molecule has 0 radical (unpaired) electrons. The van der Waals surface area contributed by atoms with Crippen LogP contribution in [0.3, 0.4) is 0 Å². The van der Waals surface area contributed by atoms with Gasteiger partial charge in [-0.25, -0.2) is 67.0 Å². The molecule has 0 aliphatic carbocycles. The number of fused-ring (bicyclic) bond motifs is 5. The average molecular weight is 2050 g/mol. The second-order valence-corrected chi connectivity index (χ2v) is 39.7. The van der Waals surface area contributed by atoms with Crippen LogP contribution in [0.2, 0.25) is 15.1 Å². The highest BCUT2D eigenvalue weighted by Crippen LogP contribution is 2.41. The van der Waals surface area contributed by atoms with E-state index in [1.807, 2.05) is 127 Å². The number of rotatable bonds is 22. The molecule has 140 heavy (non-hydrogen) atoms. The Hall–Kier alpha value is -15.5. The van der Waals surface area contributed by atoms with E-state index < -0.39 is 85.1 Å². The van der Waals surface area contributed by atoms with E-state index in [1.165, 1.54) is 42.5 Å². The van der Waals surface area contributed by atoms with Crippen LogP contribution in [-0.4, -0.2) is 98.5 Å². The lowest BCUT2D eigenvalue weighted by atomic mass is 10.2. The molecule has 710 valence electrons. The monoisotopic (exact) mass is 2050 g/mol. The molecule has 0 aliphatic heterocycles. The minimum Gasteiger partial charge on any atom is -0.435 e. The summed E-state index contributed by atoms with van der Waals surface area (Å²) in [4.78, 5) is 37.0. The van der Waals surface area contributed by atoms with Crippen molar-refractivity contribution in [3.05, 3.63) is 384 Å². The second-order valence-electron chi connectivity index (χ2n) is 30.1. The van der Waals surface area contributed by atoms with E-state index in [-0.39, 0.29) is 51.8 Å². The van der Waals surface area contributed by atoms with Gasteiger partial charge in [0.2, 0.25) is 0 Å². The lowest BCUT2D eigenvalue weighted by molar-refractivity contribution is -0.140. The first-order chi connectivity index (χ1) is 66.9. The third-order valence-corrected chi connectivity index (χ3v) is 28.8. The molecule has 42 heteroatoms. The Morgan fingerprint density at radius 1 is 0.264 bits per heavy atom. The summed E-state index contributed by atoms with van der Waals surface area (Å²) in [5, 5.41) is 0.244. The van der Waals surface area contributed by atoms with Crippen LogP contribution in [0.5, 0.6) is 5.75 Å². The Morgan fingerprint density at radius 3 is 0.879 bits per heavy atom. The SMILES string of the molecule is O=S(=O)(Nc1ccccc1-c1nc2ccccc2[nH]1)c1cc(Cl)c(Cl)cc1Cl.O=S(=O)(Nc1ccccc1-c1nc2ccccc2[nH]1)c1ccc(C(F)(F)F)cc1.O=S(=O)(Nc1ccccc1-c1nc2ccccc2[nH]1)c1cccc(OC(F)F)c1.O=S(=O)(Nc1ccccc1-c1nc2ccccc2[nH]1)c1ccccc1.O=S(=O)(Nc1ccccc1-c1nc2ccccc2[nH]1)c1ccccc1C(F)(F)F. The Balaban J connectivity index is 0.000000126. The quantitative estimate of drug-likeness (QED) is 0.0223. The van der Waals surface area contributed by atoms with Crippen molar-refractivity contribution in [2.75, 3.05) is 23.6 Å². The molecular formula is C98H70Cl3F8N15O11S5. The maximum absolute atomic E-state index is 13.3. The topological polar surface area (TPSA) is 383 Å². The summed E-state index contributed by atoms with van der Waals surface area (Å²) in [6, 6.07) is 94.3. The Kier molecular flexibility index (Phi) is 28.6. The van der Waals surface area contributed by atoms with Crippen LogP contribution in [0.25, 0.3) is 112 Å². The summed E-state index contributed by atoms with van der Waals surface area (Å²) in [5.74, 6) is 2.28. The highest BCUT2D eigenvalue weighted by Gasteiger charge is 2.38. The number of imidazole rings is 5. The van der Waals surface area contributed by atoms with Crippen LogP contribution in [0, 0.1) is 0 Å². The third kappa shape index (κ3) is 23.0. The number of anilines is 5. The van der Waals surface area contributed by atoms with Crippen molar-refractivity contribution in [2.45, 2.75) is 43.4 Å². The van der Waals surface area contributed by atoms with Gasteiger partial charge in [0, 0.05) is 33.9 Å². The molecule has 15 aromatic carbocycles. The number of hydrogen-bond acceptors (Lipinski definition) is 16. The van der Waals surface area contributed by atoms with Gasteiger partial charge < -0.3 is 29.7 Å². The molecule has 5 aromatic heterocycles. The van der Waals surface area contributed by atoms with Crippen LogP contribution in [-0.2, 0) is 62.5 Å². The lowest BCUT2D eigenvalue weighted by Gasteiger charge is -2.15. The zero-order valence-electron chi connectivity index (χ0n) is 71.6. The van der Waals surface area contributed by atoms with Gasteiger partial charge in [-0.2, -0.15) is 35.1 Å². The largest absolute Gasteiger partial charge is 0.435 e. The van der Waals surface area contributed by atoms with Crippen LogP contribution < -0.4 is 28.3 Å². The van der Waals surface area contributed by atoms with Crippen LogP contribution in [0.1, 0.15) is 11.1 Å². The first-order valence-electron chi connectivity index (χ1n) is 41.3. The van der Waals surface area contributed by atoms with Crippen LogP contribution >= 0.6 is 34.8 Å². The maximum atomic E-state index is 13.3. The summed E-state index contributed by atoms with van der Waals surface area (Å²) < 4.78 is 247. The minimum absolute atomic E-state index is 0.0249. The van der Waals surface area contributed by atoms with E-state index in [2.05, 4.69) is 78.2 Å². The summed E-state index contributed by atoms with van der Waals surface area (Å²) in [5.41, 5.74) is 10.00. The van der Waals surface area contributed by atoms with E-state index in [0.717, 1.165) is 98.2 Å². The molecule has 0 saturated heterocycles. The maximum Gasteiger partial charge on any atom is 0.417 e. The van der Waals surface area contributed by atoms with Gasteiger partial charge in [-0.05, 0) is 194 Å². The lowest BCUT2D eigenvalue weighted by Crippen LogP contribution is -2.19. The molecule has 0 saturated carbocycles. The van der Waals surface area contributed by atoms with E-state index in [4.69, 9.17) is 34.8 Å². The van der Waals surface area contributed by atoms with E-state index in [9.17, 15) is 77.2 Å². The number of aromatic nitrogens is 10. The molecule has 0 amide bonds. The van der Waals surface area contributed by atoms with Gasteiger partial charge in [0.15, 0.2) is 0 Å². The van der Waals surface area contributed by atoms with Gasteiger partial charge in [-0.3, -0.25) is 23.6 Å². The van der Waals surface area contributed by atoms with E-state index in [1.54, 1.807) is 140 Å². The van der Waals surface area contributed by atoms with Crippen molar-refractivity contribution >= 4 is 169 Å². The summed E-state index contributed by atoms with van der Waals surface area (Å²) in [6.45, 7) is -3.05. The molecule has 20 aromatic rings. The molecule has 0 aliphatic rings. The number of nitrogens with zero attached hydrogens (tertiary/aromatic N) is 5. The molecule has 0 bridgehead atoms. The van der Waals surface area contributed by atoms with Crippen LogP contribution in [0.4, 0.5) is 63.6 Å². The number of alkyl halides is 8. The van der Waals surface area contributed by atoms with Crippen molar-refractivity contribution in [2.24, 2.45) is 0 Å². The normalized spacial score (nSPS) is 11.9. The second kappa shape index (κ2) is 41.0. The number of H-pyrrole nitrogens is 5. The van der Waals surface area contributed by atoms with Gasteiger partial charge in [0.1, 0.15) is 39.8 Å². The molecule has 5 heterocycles. The first kappa shape index (κ1) is 97.6. The van der Waals surface area contributed by atoms with Gasteiger partial charge in [-0.1, -0.05) is 193 Å². The average Bonchev–Trinajstić information content (AvgIpc) is 1.72. The predicted octanol–water partition coefficient (Wildman–Crippen LogP) is 24.8. The van der Waals surface area contributed by atoms with Crippen molar-refractivity contribution < 1.29 is 81.9 Å². The fourth-order valence-electron chi connectivity index (χ4n) is 14.2. The molecule has 10 N–H and O–H groups in total. The van der Waals surface area contributed by atoms with E-state index >= 15 is 0 Å². The molecular weight excluding hydrogens is 1980 g/mol. The summed E-state index contributed by atoms with van der Waals surface area (Å²) >= 11 is 17.9. The number of hydrogen-bond donors (Lipinski definition) is 10. The third-order valence-electron chi connectivity index (χ3n) is 20.7. The van der Waals surface area contributed by atoms with Gasteiger partial charge >= 0.3 is 19.0 Å². The number of sulfonamides is 5. The molecule has 0 spiro atoms.